The van der Waals surface area contributed by atoms with Gasteiger partial charge in [-0.3, -0.25) is 0 Å². The van der Waals surface area contributed by atoms with Gasteiger partial charge in [-0.2, -0.15) is 0 Å². The van der Waals surface area contributed by atoms with E-state index in [0.717, 1.165) is 25.0 Å². The monoisotopic (exact) mass is 193 g/mol. The average molecular weight is 193 g/mol. The van der Waals surface area contributed by atoms with Crippen molar-refractivity contribution in [2.24, 2.45) is 0 Å². The number of nitrogens with one attached hydrogen (secondary N) is 1. The molecule has 1 aliphatic carbocycles. The second-order valence-electron chi connectivity index (χ2n) is 4.10. The third kappa shape index (κ3) is 2.35. The average Bonchev–Trinajstić information content (AvgIpc) is 2.78. The van der Waals surface area contributed by atoms with E-state index in [1.165, 1.54) is 25.7 Å². The van der Waals surface area contributed by atoms with E-state index in [1.807, 2.05) is 12.4 Å². The minimum atomic E-state index is 0.777. The summed E-state index contributed by atoms with van der Waals surface area (Å²) in [6, 6.07) is 0.777. The zero-order valence-corrected chi connectivity index (χ0v) is 8.87. The number of hydrogen-bond acceptors (Lipinski definition) is 2. The number of nitrogens with zero attached hydrogens (tertiary/aromatic N) is 2. The lowest BCUT2D eigenvalue weighted by Crippen LogP contribution is -2.29. The van der Waals surface area contributed by atoms with Gasteiger partial charge >= 0.3 is 0 Å². The Hall–Kier alpha value is -0.830. The smallest absolute Gasteiger partial charge is 0.105 e. The van der Waals surface area contributed by atoms with E-state index in [0.29, 0.717) is 0 Å². The fraction of sp³-hybridized carbons (Fsp3) is 0.727. The van der Waals surface area contributed by atoms with Gasteiger partial charge in [0.05, 0.1) is 0 Å². The van der Waals surface area contributed by atoms with Crippen LogP contribution in [0.3, 0.4) is 0 Å². The molecule has 2 rings (SSSR count). The molecule has 0 amide bonds. The lowest BCUT2D eigenvalue weighted by Gasteiger charge is -2.12. The Labute approximate surface area is 85.5 Å². The molecule has 14 heavy (non-hydrogen) atoms. The lowest BCUT2D eigenvalue weighted by atomic mass is 10.2. The standard InChI is InChI=1S/C11H19N3/c1-10-12-6-8-14(10)9-7-13-11-4-2-3-5-11/h6,8,11,13H,2-5,7,9H2,1H3. The van der Waals surface area contributed by atoms with Gasteiger partial charge in [-0.1, -0.05) is 12.8 Å². The van der Waals surface area contributed by atoms with Crippen molar-refractivity contribution in [3.05, 3.63) is 18.2 Å². The van der Waals surface area contributed by atoms with Gasteiger partial charge in [-0.15, -0.1) is 0 Å². The van der Waals surface area contributed by atoms with Gasteiger partial charge in [0, 0.05) is 31.5 Å². The first-order chi connectivity index (χ1) is 6.86. The molecule has 3 nitrogen and oxygen atoms in total. The number of imidazole rings is 1. The van der Waals surface area contributed by atoms with Crippen LogP contribution in [0.25, 0.3) is 0 Å². The topological polar surface area (TPSA) is 29.9 Å². The summed E-state index contributed by atoms with van der Waals surface area (Å²) in [5, 5.41) is 3.60. The van der Waals surface area contributed by atoms with Crippen molar-refractivity contribution in [3.8, 4) is 0 Å². The molecule has 1 heterocycles. The van der Waals surface area contributed by atoms with Crippen LogP contribution in [-0.4, -0.2) is 22.1 Å². The Bertz CT molecular complexity index is 274. The van der Waals surface area contributed by atoms with Gasteiger partial charge in [0.1, 0.15) is 5.82 Å². The fourth-order valence-corrected chi connectivity index (χ4v) is 2.16. The van der Waals surface area contributed by atoms with Crippen molar-refractivity contribution in [2.45, 2.75) is 45.2 Å². The first-order valence-electron chi connectivity index (χ1n) is 5.57. The van der Waals surface area contributed by atoms with E-state index in [-0.39, 0.29) is 0 Å². The number of hydrogen-bond donors (Lipinski definition) is 1. The molecule has 1 aromatic heterocycles. The summed E-state index contributed by atoms with van der Waals surface area (Å²) in [6.07, 6.45) is 9.45. The molecule has 1 aromatic rings. The Morgan fingerprint density at radius 2 is 2.29 bits per heavy atom. The zero-order valence-electron chi connectivity index (χ0n) is 8.87. The van der Waals surface area contributed by atoms with Gasteiger partial charge in [0.15, 0.2) is 0 Å². The predicted octanol–water partition coefficient (Wildman–Crippen LogP) is 1.72. The van der Waals surface area contributed by atoms with Crippen LogP contribution in [0.1, 0.15) is 31.5 Å². The molecule has 1 fully saturated rings. The number of aryl methyl sites for hydroxylation is 1. The van der Waals surface area contributed by atoms with Crippen molar-refractivity contribution in [3.63, 3.8) is 0 Å². The molecule has 0 aliphatic heterocycles. The summed E-state index contributed by atoms with van der Waals surface area (Å²) in [4.78, 5) is 4.20. The molecule has 3 heteroatoms. The summed E-state index contributed by atoms with van der Waals surface area (Å²) in [7, 11) is 0. The van der Waals surface area contributed by atoms with Crippen LogP contribution in [0.4, 0.5) is 0 Å². The molecule has 1 aliphatic rings. The van der Waals surface area contributed by atoms with Crippen molar-refractivity contribution in [1.29, 1.82) is 0 Å². The SMILES string of the molecule is Cc1nccn1CCNC1CCCC1. The van der Waals surface area contributed by atoms with Crippen LogP contribution in [0, 0.1) is 6.92 Å². The molecule has 0 bridgehead atoms. The van der Waals surface area contributed by atoms with Crippen molar-refractivity contribution < 1.29 is 0 Å². The van der Waals surface area contributed by atoms with E-state index in [1.54, 1.807) is 0 Å². The second-order valence-corrected chi connectivity index (χ2v) is 4.10. The lowest BCUT2D eigenvalue weighted by molar-refractivity contribution is 0.493. The summed E-state index contributed by atoms with van der Waals surface area (Å²) in [5.74, 6) is 1.11. The third-order valence-electron chi connectivity index (χ3n) is 3.06. The van der Waals surface area contributed by atoms with E-state index in [9.17, 15) is 0 Å². The highest BCUT2D eigenvalue weighted by Gasteiger charge is 2.13. The first kappa shape index (κ1) is 9.71. The molecular formula is C11H19N3. The molecule has 0 aromatic carbocycles. The van der Waals surface area contributed by atoms with Crippen LogP contribution in [0.2, 0.25) is 0 Å². The maximum atomic E-state index is 4.20. The van der Waals surface area contributed by atoms with Crippen molar-refractivity contribution >= 4 is 0 Å². The number of aromatic nitrogens is 2. The maximum absolute atomic E-state index is 4.20. The molecule has 0 unspecified atom stereocenters. The highest BCUT2D eigenvalue weighted by Crippen LogP contribution is 2.17. The van der Waals surface area contributed by atoms with Gasteiger partial charge in [0.2, 0.25) is 0 Å². The first-order valence-corrected chi connectivity index (χ1v) is 5.57. The molecule has 0 atom stereocenters. The summed E-state index contributed by atoms with van der Waals surface area (Å²) >= 11 is 0. The summed E-state index contributed by atoms with van der Waals surface area (Å²) in [6.45, 7) is 4.17. The van der Waals surface area contributed by atoms with Gasteiger partial charge in [-0.05, 0) is 19.8 Å². The molecule has 1 saturated carbocycles. The van der Waals surface area contributed by atoms with Gasteiger partial charge in [-0.25, -0.2) is 4.98 Å². The van der Waals surface area contributed by atoms with E-state index < -0.39 is 0 Å². The highest BCUT2D eigenvalue weighted by molar-refractivity contribution is 4.88. The normalized spacial score (nSPS) is 17.8. The van der Waals surface area contributed by atoms with Crippen molar-refractivity contribution in [1.82, 2.24) is 14.9 Å². The summed E-state index contributed by atoms with van der Waals surface area (Å²) < 4.78 is 2.20. The molecule has 78 valence electrons. The van der Waals surface area contributed by atoms with E-state index >= 15 is 0 Å². The Balaban J connectivity index is 1.70. The van der Waals surface area contributed by atoms with Gasteiger partial charge < -0.3 is 9.88 Å². The molecule has 0 radical (unpaired) electrons. The third-order valence-corrected chi connectivity index (χ3v) is 3.06. The zero-order chi connectivity index (χ0) is 9.80. The predicted molar refractivity (Wildman–Crippen MR) is 57.2 cm³/mol. The Kier molecular flexibility index (Phi) is 3.19. The highest BCUT2D eigenvalue weighted by atomic mass is 15.1. The summed E-state index contributed by atoms with van der Waals surface area (Å²) in [5.41, 5.74) is 0. The van der Waals surface area contributed by atoms with E-state index in [2.05, 4.69) is 21.8 Å². The molecule has 1 N–H and O–H groups in total. The van der Waals surface area contributed by atoms with E-state index in [4.69, 9.17) is 0 Å². The van der Waals surface area contributed by atoms with Gasteiger partial charge in [0.25, 0.3) is 0 Å². The van der Waals surface area contributed by atoms with Crippen LogP contribution < -0.4 is 5.32 Å². The van der Waals surface area contributed by atoms with Crippen LogP contribution in [0.5, 0.6) is 0 Å². The largest absolute Gasteiger partial charge is 0.334 e. The minimum absolute atomic E-state index is 0.777. The molecular weight excluding hydrogens is 174 g/mol. The fourth-order valence-electron chi connectivity index (χ4n) is 2.16. The maximum Gasteiger partial charge on any atom is 0.105 e. The Morgan fingerprint density at radius 1 is 1.50 bits per heavy atom. The van der Waals surface area contributed by atoms with Crippen molar-refractivity contribution in [2.75, 3.05) is 6.54 Å². The van der Waals surface area contributed by atoms with Crippen LogP contribution >= 0.6 is 0 Å². The van der Waals surface area contributed by atoms with Crippen LogP contribution in [-0.2, 0) is 6.54 Å². The van der Waals surface area contributed by atoms with Crippen LogP contribution in [0.15, 0.2) is 12.4 Å². The molecule has 0 saturated heterocycles. The number of rotatable bonds is 4. The Morgan fingerprint density at radius 3 is 2.93 bits per heavy atom. The quantitative estimate of drug-likeness (QED) is 0.789. The molecule has 0 spiro atoms. The minimum Gasteiger partial charge on any atom is -0.334 e. The second kappa shape index (κ2) is 4.60.